The van der Waals surface area contributed by atoms with Crippen molar-refractivity contribution in [1.82, 2.24) is 4.98 Å². The first-order valence-electron chi connectivity index (χ1n) is 9.91. The molecule has 134 valence electrons. The van der Waals surface area contributed by atoms with Crippen molar-refractivity contribution in [2.24, 2.45) is 5.92 Å². The first-order chi connectivity index (χ1) is 11.8. The Balaban J connectivity index is 1.98. The van der Waals surface area contributed by atoms with Crippen molar-refractivity contribution in [1.29, 1.82) is 0 Å². The van der Waals surface area contributed by atoms with Crippen LogP contribution in [0.3, 0.4) is 0 Å². The first kappa shape index (κ1) is 18.4. The largest absolute Gasteiger partial charge is 0.256 e. The van der Waals surface area contributed by atoms with Crippen LogP contribution in [0.25, 0.3) is 11.3 Å². The van der Waals surface area contributed by atoms with Gasteiger partial charge in [-0.3, -0.25) is 4.98 Å². The van der Waals surface area contributed by atoms with E-state index in [2.05, 4.69) is 64.0 Å². The summed E-state index contributed by atoms with van der Waals surface area (Å²) in [5.41, 5.74) is 6.69. The zero-order chi connectivity index (χ0) is 18.0. The second kappa shape index (κ2) is 7.45. The van der Waals surface area contributed by atoms with Crippen LogP contribution in [0.5, 0.6) is 0 Å². The summed E-state index contributed by atoms with van der Waals surface area (Å²) in [4.78, 5) is 4.87. The zero-order valence-corrected chi connectivity index (χ0v) is 17.7. The van der Waals surface area contributed by atoms with Crippen LogP contribution in [-0.2, 0) is 6.42 Å². The lowest BCUT2D eigenvalue weighted by Gasteiger charge is -2.26. The molecule has 0 atom stereocenters. The lowest BCUT2D eigenvalue weighted by Crippen LogP contribution is -2.41. The van der Waals surface area contributed by atoms with E-state index in [0.717, 1.165) is 11.6 Å². The van der Waals surface area contributed by atoms with Gasteiger partial charge >= 0.3 is 0 Å². The minimum atomic E-state index is -1.37. The molecule has 2 aromatic rings. The molecule has 1 saturated carbocycles. The smallest absolute Gasteiger partial charge is 0.0799 e. The third-order valence-corrected chi connectivity index (χ3v) is 7.90. The number of benzene rings is 1. The van der Waals surface area contributed by atoms with E-state index in [0.29, 0.717) is 0 Å². The number of pyridine rings is 1. The van der Waals surface area contributed by atoms with E-state index in [9.17, 15) is 0 Å². The molecule has 0 bridgehead atoms. The van der Waals surface area contributed by atoms with Gasteiger partial charge in [-0.25, -0.2) is 0 Å². The van der Waals surface area contributed by atoms with Crippen LogP contribution in [-0.4, -0.2) is 13.1 Å². The number of hydrogen-bond donors (Lipinski definition) is 0. The molecule has 3 rings (SSSR count). The van der Waals surface area contributed by atoms with Gasteiger partial charge in [0, 0.05) is 11.8 Å². The Kier molecular flexibility index (Phi) is 5.48. The van der Waals surface area contributed by atoms with Crippen LogP contribution in [0.15, 0.2) is 30.5 Å². The van der Waals surface area contributed by atoms with Gasteiger partial charge in [0.15, 0.2) is 0 Å². The molecule has 1 fully saturated rings. The summed E-state index contributed by atoms with van der Waals surface area (Å²) in [6.45, 7) is 11.7. The lowest BCUT2D eigenvalue weighted by atomic mass is 9.85. The predicted octanol–water partition coefficient (Wildman–Crippen LogP) is 6.03. The van der Waals surface area contributed by atoms with Gasteiger partial charge in [0.1, 0.15) is 0 Å². The molecule has 1 heterocycles. The van der Waals surface area contributed by atoms with E-state index in [1.807, 2.05) is 0 Å². The Bertz CT molecular complexity index is 736. The van der Waals surface area contributed by atoms with Crippen molar-refractivity contribution in [2.45, 2.75) is 72.0 Å². The maximum Gasteiger partial charge on any atom is 0.0799 e. The molecule has 0 aliphatic heterocycles. The molecule has 25 heavy (non-hydrogen) atoms. The van der Waals surface area contributed by atoms with E-state index < -0.39 is 8.07 Å². The number of hydrogen-bond acceptors (Lipinski definition) is 1. The van der Waals surface area contributed by atoms with Gasteiger partial charge < -0.3 is 0 Å². The standard InChI is InChI=1S/C23H33NSi/c1-17-11-12-20(13-18(17)2)22-15-21(14-19-9-7-6-8-10-19)23(16-24-22)25(3,4)5/h11-13,15-16,19H,6-10,14H2,1-5H3. The van der Waals surface area contributed by atoms with Gasteiger partial charge in [-0.05, 0) is 60.2 Å². The molecular formula is C23H33NSi. The van der Waals surface area contributed by atoms with Crippen LogP contribution < -0.4 is 5.19 Å². The molecule has 1 aromatic carbocycles. The number of rotatable bonds is 4. The van der Waals surface area contributed by atoms with Crippen LogP contribution in [0.1, 0.15) is 48.8 Å². The van der Waals surface area contributed by atoms with Crippen molar-refractivity contribution < 1.29 is 0 Å². The minimum absolute atomic E-state index is 0.874. The van der Waals surface area contributed by atoms with E-state index in [1.165, 1.54) is 55.2 Å². The Morgan fingerprint density at radius 3 is 2.32 bits per heavy atom. The highest BCUT2D eigenvalue weighted by molar-refractivity contribution is 6.89. The molecule has 1 nitrogen and oxygen atoms in total. The average molecular weight is 352 g/mol. The number of aromatic nitrogens is 1. The summed E-state index contributed by atoms with van der Waals surface area (Å²) >= 11 is 0. The van der Waals surface area contributed by atoms with Crippen molar-refractivity contribution in [3.8, 4) is 11.3 Å². The maximum absolute atomic E-state index is 4.87. The Labute approximate surface area is 154 Å². The van der Waals surface area contributed by atoms with Crippen molar-refractivity contribution in [2.75, 3.05) is 0 Å². The van der Waals surface area contributed by atoms with Gasteiger partial charge in [-0.2, -0.15) is 0 Å². The van der Waals surface area contributed by atoms with E-state index in [1.54, 1.807) is 10.8 Å². The van der Waals surface area contributed by atoms with Crippen LogP contribution in [0.2, 0.25) is 19.6 Å². The molecule has 1 aliphatic rings. The monoisotopic (exact) mass is 351 g/mol. The predicted molar refractivity (Wildman–Crippen MR) is 112 cm³/mol. The van der Waals surface area contributed by atoms with Crippen molar-refractivity contribution >= 4 is 13.3 Å². The lowest BCUT2D eigenvalue weighted by molar-refractivity contribution is 0.357. The summed E-state index contributed by atoms with van der Waals surface area (Å²) in [5, 5.41) is 1.56. The fraction of sp³-hybridized carbons (Fsp3) is 0.522. The van der Waals surface area contributed by atoms with E-state index >= 15 is 0 Å². The zero-order valence-electron chi connectivity index (χ0n) is 16.7. The topological polar surface area (TPSA) is 12.9 Å². The molecule has 0 saturated heterocycles. The molecule has 2 heteroatoms. The summed E-state index contributed by atoms with van der Waals surface area (Å²) in [6, 6.07) is 9.14. The minimum Gasteiger partial charge on any atom is -0.256 e. The highest BCUT2D eigenvalue weighted by atomic mass is 28.3. The Hall–Kier alpha value is -1.41. The molecule has 0 unspecified atom stereocenters. The quantitative estimate of drug-likeness (QED) is 0.612. The fourth-order valence-corrected chi connectivity index (χ4v) is 5.69. The second-order valence-corrected chi connectivity index (χ2v) is 14.0. The fourth-order valence-electron chi connectivity index (χ4n) is 4.10. The van der Waals surface area contributed by atoms with E-state index in [4.69, 9.17) is 4.98 Å². The second-order valence-electron chi connectivity index (χ2n) is 8.98. The third kappa shape index (κ3) is 4.41. The van der Waals surface area contributed by atoms with Crippen LogP contribution in [0, 0.1) is 19.8 Å². The molecule has 1 aliphatic carbocycles. The molecule has 0 N–H and O–H groups in total. The van der Waals surface area contributed by atoms with Crippen molar-refractivity contribution in [3.63, 3.8) is 0 Å². The van der Waals surface area contributed by atoms with Gasteiger partial charge in [-0.1, -0.05) is 63.9 Å². The molecule has 1 aromatic heterocycles. The van der Waals surface area contributed by atoms with Crippen LogP contribution in [0.4, 0.5) is 0 Å². The summed E-state index contributed by atoms with van der Waals surface area (Å²) in [5.74, 6) is 0.874. The Morgan fingerprint density at radius 2 is 1.68 bits per heavy atom. The highest BCUT2D eigenvalue weighted by Crippen LogP contribution is 2.28. The number of aryl methyl sites for hydroxylation is 2. The van der Waals surface area contributed by atoms with Gasteiger partial charge in [0.05, 0.1) is 13.8 Å². The summed E-state index contributed by atoms with van der Waals surface area (Å²) in [6.07, 6.45) is 10.5. The normalized spacial score (nSPS) is 16.2. The Morgan fingerprint density at radius 1 is 0.960 bits per heavy atom. The third-order valence-electron chi connectivity index (χ3n) is 5.83. The van der Waals surface area contributed by atoms with E-state index in [-0.39, 0.29) is 0 Å². The average Bonchev–Trinajstić information content (AvgIpc) is 2.57. The maximum atomic E-state index is 4.87. The number of nitrogens with zero attached hydrogens (tertiary/aromatic N) is 1. The van der Waals surface area contributed by atoms with Gasteiger partial charge in [0.25, 0.3) is 0 Å². The van der Waals surface area contributed by atoms with Gasteiger partial charge in [0.2, 0.25) is 0 Å². The molecule has 0 amide bonds. The van der Waals surface area contributed by atoms with Crippen LogP contribution >= 0.6 is 0 Å². The molecular weight excluding hydrogens is 318 g/mol. The summed E-state index contributed by atoms with van der Waals surface area (Å²) < 4.78 is 0. The SMILES string of the molecule is Cc1ccc(-c2cc(CC3CCCCC3)c([Si](C)(C)C)cn2)cc1C. The molecule has 0 radical (unpaired) electrons. The van der Waals surface area contributed by atoms with Gasteiger partial charge in [-0.15, -0.1) is 0 Å². The summed E-state index contributed by atoms with van der Waals surface area (Å²) in [7, 11) is -1.37. The highest BCUT2D eigenvalue weighted by Gasteiger charge is 2.24. The van der Waals surface area contributed by atoms with Crippen molar-refractivity contribution in [3.05, 3.63) is 47.2 Å². The first-order valence-corrected chi connectivity index (χ1v) is 13.4. The molecule has 0 spiro atoms.